The van der Waals surface area contributed by atoms with Crippen LogP contribution < -0.4 is 10.1 Å². The van der Waals surface area contributed by atoms with Crippen molar-refractivity contribution in [2.24, 2.45) is 0 Å². The van der Waals surface area contributed by atoms with E-state index in [2.05, 4.69) is 5.32 Å². The van der Waals surface area contributed by atoms with E-state index in [9.17, 15) is 4.39 Å². The molecule has 0 fully saturated rings. The molecule has 0 aliphatic rings. The van der Waals surface area contributed by atoms with Gasteiger partial charge in [0.2, 0.25) is 0 Å². The Hall–Kier alpha value is -1.62. The van der Waals surface area contributed by atoms with Gasteiger partial charge in [-0.3, -0.25) is 0 Å². The molecule has 0 unspecified atom stereocenters. The second-order valence-electron chi connectivity index (χ2n) is 4.69. The fraction of sp³-hybridized carbons (Fsp3) is 0.294. The summed E-state index contributed by atoms with van der Waals surface area (Å²) in [7, 11) is 1.68. The smallest absolute Gasteiger partial charge is 0.124 e. The zero-order chi connectivity index (χ0) is 14.9. The first-order valence-electron chi connectivity index (χ1n) is 6.94. The molecular formula is C17H21ClFNO2. The lowest BCUT2D eigenvalue weighted by atomic mass is 10.2. The summed E-state index contributed by atoms with van der Waals surface area (Å²) < 4.78 is 23.7. The molecule has 0 saturated carbocycles. The highest BCUT2D eigenvalue weighted by Crippen LogP contribution is 2.19. The normalized spacial score (nSPS) is 10.1. The number of hydrogen-bond acceptors (Lipinski definition) is 3. The third kappa shape index (κ3) is 6.02. The molecule has 5 heteroatoms. The molecule has 2 aromatic rings. The van der Waals surface area contributed by atoms with Gasteiger partial charge in [0.1, 0.15) is 18.2 Å². The number of hydrogen-bond donors (Lipinski definition) is 1. The molecule has 0 atom stereocenters. The highest BCUT2D eigenvalue weighted by molar-refractivity contribution is 5.85. The lowest BCUT2D eigenvalue weighted by Crippen LogP contribution is -2.19. The van der Waals surface area contributed by atoms with Crippen LogP contribution in [0.2, 0.25) is 0 Å². The number of halogens is 2. The Morgan fingerprint density at radius 3 is 2.50 bits per heavy atom. The Labute approximate surface area is 136 Å². The van der Waals surface area contributed by atoms with E-state index in [0.717, 1.165) is 30.0 Å². The van der Waals surface area contributed by atoms with Gasteiger partial charge in [0, 0.05) is 25.8 Å². The first kappa shape index (κ1) is 18.4. The maximum atomic E-state index is 12.9. The van der Waals surface area contributed by atoms with Gasteiger partial charge in [0.05, 0.1) is 6.61 Å². The van der Waals surface area contributed by atoms with Gasteiger partial charge in [-0.2, -0.15) is 0 Å². The maximum absolute atomic E-state index is 12.9. The minimum Gasteiger partial charge on any atom is -0.489 e. The van der Waals surface area contributed by atoms with Crippen LogP contribution in [0.5, 0.6) is 5.75 Å². The first-order valence-corrected chi connectivity index (χ1v) is 6.94. The fourth-order valence-corrected chi connectivity index (χ4v) is 1.93. The van der Waals surface area contributed by atoms with E-state index in [-0.39, 0.29) is 18.2 Å². The van der Waals surface area contributed by atoms with Gasteiger partial charge in [-0.1, -0.05) is 30.3 Å². The molecule has 2 aromatic carbocycles. The number of nitrogens with one attached hydrogen (secondary N) is 1. The predicted molar refractivity (Wildman–Crippen MR) is 88.0 cm³/mol. The zero-order valence-corrected chi connectivity index (χ0v) is 13.4. The zero-order valence-electron chi connectivity index (χ0n) is 12.5. The molecule has 0 heterocycles. The van der Waals surface area contributed by atoms with Crippen LogP contribution in [0.25, 0.3) is 0 Å². The van der Waals surface area contributed by atoms with Crippen LogP contribution in [0.1, 0.15) is 11.1 Å². The Morgan fingerprint density at radius 1 is 1.05 bits per heavy atom. The van der Waals surface area contributed by atoms with Gasteiger partial charge in [-0.25, -0.2) is 4.39 Å². The van der Waals surface area contributed by atoms with Gasteiger partial charge in [-0.15, -0.1) is 12.4 Å². The van der Waals surface area contributed by atoms with Crippen molar-refractivity contribution in [2.75, 3.05) is 20.3 Å². The highest BCUT2D eigenvalue weighted by atomic mass is 35.5. The van der Waals surface area contributed by atoms with Crippen LogP contribution in [0, 0.1) is 5.82 Å². The van der Waals surface area contributed by atoms with E-state index >= 15 is 0 Å². The molecule has 0 bridgehead atoms. The average Bonchev–Trinajstić information content (AvgIpc) is 2.52. The second kappa shape index (κ2) is 10.2. The van der Waals surface area contributed by atoms with Gasteiger partial charge in [0.25, 0.3) is 0 Å². The van der Waals surface area contributed by atoms with Crippen LogP contribution in [0.15, 0.2) is 48.5 Å². The van der Waals surface area contributed by atoms with E-state index in [1.807, 2.05) is 24.3 Å². The minimum absolute atomic E-state index is 0. The van der Waals surface area contributed by atoms with E-state index in [4.69, 9.17) is 9.47 Å². The predicted octanol–water partition coefficient (Wildman–Crippen LogP) is 3.56. The van der Waals surface area contributed by atoms with Gasteiger partial charge < -0.3 is 14.8 Å². The van der Waals surface area contributed by atoms with Gasteiger partial charge >= 0.3 is 0 Å². The molecule has 120 valence electrons. The SMILES string of the molecule is COCCNCc1ccccc1OCc1ccc(F)cc1.Cl. The lowest BCUT2D eigenvalue weighted by molar-refractivity contribution is 0.199. The molecule has 0 radical (unpaired) electrons. The fourth-order valence-electron chi connectivity index (χ4n) is 1.93. The van der Waals surface area contributed by atoms with Crippen molar-refractivity contribution in [2.45, 2.75) is 13.2 Å². The summed E-state index contributed by atoms with van der Waals surface area (Å²) in [5.41, 5.74) is 2.04. The van der Waals surface area contributed by atoms with Crippen LogP contribution >= 0.6 is 12.4 Å². The molecule has 3 nitrogen and oxygen atoms in total. The van der Waals surface area contributed by atoms with E-state index in [0.29, 0.717) is 13.2 Å². The van der Waals surface area contributed by atoms with Crippen molar-refractivity contribution in [1.82, 2.24) is 5.32 Å². The number of benzene rings is 2. The summed E-state index contributed by atoms with van der Waals surface area (Å²) in [4.78, 5) is 0. The maximum Gasteiger partial charge on any atom is 0.124 e. The molecule has 0 spiro atoms. The number of para-hydroxylation sites is 1. The number of rotatable bonds is 8. The second-order valence-corrected chi connectivity index (χ2v) is 4.69. The first-order chi connectivity index (χ1) is 10.3. The van der Waals surface area contributed by atoms with Crippen molar-refractivity contribution in [3.05, 3.63) is 65.5 Å². The van der Waals surface area contributed by atoms with Crippen molar-refractivity contribution in [3.8, 4) is 5.75 Å². The van der Waals surface area contributed by atoms with Crippen LogP contribution in [-0.4, -0.2) is 20.3 Å². The molecule has 1 N–H and O–H groups in total. The molecule has 0 aliphatic carbocycles. The summed E-state index contributed by atoms with van der Waals surface area (Å²) in [6, 6.07) is 14.2. The van der Waals surface area contributed by atoms with Crippen LogP contribution in [0.4, 0.5) is 4.39 Å². The number of ether oxygens (including phenoxy) is 2. The summed E-state index contributed by atoms with van der Waals surface area (Å²) in [5.74, 6) is 0.605. The molecule has 0 aromatic heterocycles. The largest absolute Gasteiger partial charge is 0.489 e. The highest BCUT2D eigenvalue weighted by Gasteiger charge is 2.03. The molecule has 2 rings (SSSR count). The van der Waals surface area contributed by atoms with E-state index < -0.39 is 0 Å². The Balaban J connectivity index is 0.00000242. The standard InChI is InChI=1S/C17H20FNO2.ClH/c1-20-11-10-19-12-15-4-2-3-5-17(15)21-13-14-6-8-16(18)9-7-14;/h2-9,19H,10-13H2,1H3;1H. The van der Waals surface area contributed by atoms with Crippen molar-refractivity contribution >= 4 is 12.4 Å². The summed E-state index contributed by atoms with van der Waals surface area (Å²) in [6.07, 6.45) is 0. The Morgan fingerprint density at radius 2 is 1.77 bits per heavy atom. The third-order valence-corrected chi connectivity index (χ3v) is 3.08. The third-order valence-electron chi connectivity index (χ3n) is 3.08. The van der Waals surface area contributed by atoms with Gasteiger partial charge in [0.15, 0.2) is 0 Å². The van der Waals surface area contributed by atoms with E-state index in [1.165, 1.54) is 12.1 Å². The van der Waals surface area contributed by atoms with Crippen molar-refractivity contribution in [3.63, 3.8) is 0 Å². The summed E-state index contributed by atoms with van der Waals surface area (Å²) in [6.45, 7) is 2.62. The summed E-state index contributed by atoms with van der Waals surface area (Å²) >= 11 is 0. The molecule has 0 saturated heterocycles. The van der Waals surface area contributed by atoms with E-state index in [1.54, 1.807) is 19.2 Å². The van der Waals surface area contributed by atoms with Gasteiger partial charge in [-0.05, 0) is 23.8 Å². The monoisotopic (exact) mass is 325 g/mol. The Kier molecular flexibility index (Phi) is 8.51. The topological polar surface area (TPSA) is 30.5 Å². The van der Waals surface area contributed by atoms with Crippen LogP contribution in [0.3, 0.4) is 0 Å². The lowest BCUT2D eigenvalue weighted by Gasteiger charge is -2.12. The molecule has 0 amide bonds. The quantitative estimate of drug-likeness (QED) is 0.753. The average molecular weight is 326 g/mol. The molecule has 22 heavy (non-hydrogen) atoms. The minimum atomic E-state index is -0.235. The molecule has 0 aliphatic heterocycles. The summed E-state index contributed by atoms with van der Waals surface area (Å²) in [5, 5.41) is 3.29. The Bertz CT molecular complexity index is 549. The van der Waals surface area contributed by atoms with Crippen molar-refractivity contribution < 1.29 is 13.9 Å². The van der Waals surface area contributed by atoms with Crippen LogP contribution in [-0.2, 0) is 17.9 Å². The number of methoxy groups -OCH3 is 1. The van der Waals surface area contributed by atoms with Crippen molar-refractivity contribution in [1.29, 1.82) is 0 Å². The molecular weight excluding hydrogens is 305 g/mol.